The van der Waals surface area contributed by atoms with Crippen molar-refractivity contribution in [3.05, 3.63) is 35.4 Å². The Morgan fingerprint density at radius 3 is 2.43 bits per heavy atom. The Hall–Kier alpha value is -1.84. The Morgan fingerprint density at radius 1 is 1.22 bits per heavy atom. The molecule has 2 rings (SSSR count). The third kappa shape index (κ3) is 4.81. The maximum absolute atomic E-state index is 12.3. The van der Waals surface area contributed by atoms with Gasteiger partial charge in [0.05, 0.1) is 5.92 Å². The molecule has 4 nitrogen and oxygen atoms in total. The maximum Gasteiger partial charge on any atom is 0.308 e. The first-order valence-corrected chi connectivity index (χ1v) is 8.37. The van der Waals surface area contributed by atoms with Gasteiger partial charge in [-0.2, -0.15) is 0 Å². The second kappa shape index (κ2) is 7.16. The van der Waals surface area contributed by atoms with Crippen molar-refractivity contribution >= 4 is 11.9 Å². The molecular weight excluding hydrogens is 290 g/mol. The molecule has 0 aliphatic carbocycles. The molecule has 0 radical (unpaired) electrons. The summed E-state index contributed by atoms with van der Waals surface area (Å²) in [4.78, 5) is 25.1. The number of rotatable bonds is 4. The highest BCUT2D eigenvalue weighted by atomic mass is 16.4. The number of nitrogens with zero attached hydrogens (tertiary/aromatic N) is 1. The molecule has 126 valence electrons. The molecule has 0 spiro atoms. The molecule has 1 atom stereocenters. The smallest absolute Gasteiger partial charge is 0.308 e. The number of carbonyl (C=O) groups is 2. The minimum Gasteiger partial charge on any atom is -0.481 e. The molecule has 0 saturated carbocycles. The summed E-state index contributed by atoms with van der Waals surface area (Å²) in [5.74, 6) is -1.13. The number of likely N-dealkylation sites (tertiary alicyclic amines) is 1. The standard InChI is InChI=1S/C19H27NO3/c1-19(2,3)16-9-6-14(7-10-16)8-11-17(21)20-12-4-5-15(13-20)18(22)23/h6-7,9-10,15H,4-5,8,11-13H2,1-3H3,(H,22,23)/t15-/m0/s1. The lowest BCUT2D eigenvalue weighted by Gasteiger charge is -2.30. The van der Waals surface area contributed by atoms with Crippen molar-refractivity contribution in [3.8, 4) is 0 Å². The predicted octanol–water partition coefficient (Wildman–Crippen LogP) is 3.24. The van der Waals surface area contributed by atoms with Gasteiger partial charge in [-0.15, -0.1) is 0 Å². The van der Waals surface area contributed by atoms with Crippen LogP contribution in [0.2, 0.25) is 0 Å². The molecule has 1 aromatic rings. The highest BCUT2D eigenvalue weighted by Gasteiger charge is 2.27. The number of carbonyl (C=O) groups excluding carboxylic acids is 1. The second-order valence-electron chi connectivity index (χ2n) is 7.46. The number of amides is 1. The average Bonchev–Trinajstić information content (AvgIpc) is 2.52. The quantitative estimate of drug-likeness (QED) is 0.927. The van der Waals surface area contributed by atoms with E-state index in [-0.39, 0.29) is 11.3 Å². The third-order valence-corrected chi connectivity index (χ3v) is 4.57. The molecule has 1 fully saturated rings. The van der Waals surface area contributed by atoms with Crippen molar-refractivity contribution in [2.24, 2.45) is 5.92 Å². The Labute approximate surface area is 138 Å². The van der Waals surface area contributed by atoms with Gasteiger partial charge < -0.3 is 10.0 Å². The maximum atomic E-state index is 12.3. The van der Waals surface area contributed by atoms with Gasteiger partial charge in [-0.05, 0) is 35.8 Å². The van der Waals surface area contributed by atoms with E-state index in [2.05, 4.69) is 45.0 Å². The van der Waals surface area contributed by atoms with Crippen LogP contribution in [0.5, 0.6) is 0 Å². The third-order valence-electron chi connectivity index (χ3n) is 4.57. The predicted molar refractivity (Wildman–Crippen MR) is 90.4 cm³/mol. The zero-order valence-electron chi connectivity index (χ0n) is 14.3. The summed E-state index contributed by atoms with van der Waals surface area (Å²) in [6.07, 6.45) is 2.61. The van der Waals surface area contributed by atoms with Gasteiger partial charge >= 0.3 is 5.97 Å². The fraction of sp³-hybridized carbons (Fsp3) is 0.579. The van der Waals surface area contributed by atoms with Crippen LogP contribution in [0.15, 0.2) is 24.3 Å². The lowest BCUT2D eigenvalue weighted by atomic mass is 9.86. The molecule has 1 N–H and O–H groups in total. The first kappa shape index (κ1) is 17.5. The van der Waals surface area contributed by atoms with Gasteiger partial charge in [-0.3, -0.25) is 9.59 Å². The molecule has 1 aliphatic rings. The highest BCUT2D eigenvalue weighted by Crippen LogP contribution is 2.23. The van der Waals surface area contributed by atoms with Gasteiger partial charge in [0.1, 0.15) is 0 Å². The summed E-state index contributed by atoms with van der Waals surface area (Å²) in [5.41, 5.74) is 2.57. The Kier molecular flexibility index (Phi) is 5.45. The van der Waals surface area contributed by atoms with Crippen LogP contribution in [0, 0.1) is 5.92 Å². The van der Waals surface area contributed by atoms with E-state index < -0.39 is 11.9 Å². The molecular formula is C19H27NO3. The fourth-order valence-corrected chi connectivity index (χ4v) is 2.99. The SMILES string of the molecule is CC(C)(C)c1ccc(CCC(=O)N2CCC[C@H](C(=O)O)C2)cc1. The van der Waals surface area contributed by atoms with Crippen molar-refractivity contribution in [2.45, 2.75) is 51.9 Å². The van der Waals surface area contributed by atoms with Gasteiger partial charge in [0.2, 0.25) is 5.91 Å². The highest BCUT2D eigenvalue weighted by molar-refractivity contribution is 5.78. The van der Waals surface area contributed by atoms with E-state index in [1.54, 1.807) is 4.90 Å². The van der Waals surface area contributed by atoms with Crippen LogP contribution in [0.25, 0.3) is 0 Å². The van der Waals surface area contributed by atoms with Crippen LogP contribution in [0.3, 0.4) is 0 Å². The topological polar surface area (TPSA) is 57.6 Å². The molecule has 1 aliphatic heterocycles. The zero-order valence-corrected chi connectivity index (χ0v) is 14.3. The van der Waals surface area contributed by atoms with E-state index in [9.17, 15) is 9.59 Å². The van der Waals surface area contributed by atoms with E-state index in [1.807, 2.05) is 0 Å². The number of hydrogen-bond acceptors (Lipinski definition) is 2. The van der Waals surface area contributed by atoms with Crippen molar-refractivity contribution in [1.29, 1.82) is 0 Å². The fourth-order valence-electron chi connectivity index (χ4n) is 2.99. The average molecular weight is 317 g/mol. The number of aryl methyl sites for hydroxylation is 1. The molecule has 0 aromatic heterocycles. The van der Waals surface area contributed by atoms with Crippen molar-refractivity contribution < 1.29 is 14.7 Å². The number of carboxylic acid groups (broad SMARTS) is 1. The van der Waals surface area contributed by atoms with Crippen LogP contribution >= 0.6 is 0 Å². The molecule has 1 amide bonds. The lowest BCUT2D eigenvalue weighted by Crippen LogP contribution is -2.42. The first-order chi connectivity index (χ1) is 10.8. The van der Waals surface area contributed by atoms with E-state index in [4.69, 9.17) is 5.11 Å². The van der Waals surface area contributed by atoms with E-state index in [1.165, 1.54) is 5.56 Å². The van der Waals surface area contributed by atoms with E-state index in [0.717, 1.165) is 12.0 Å². The van der Waals surface area contributed by atoms with Gasteiger partial charge in [0.15, 0.2) is 0 Å². The summed E-state index contributed by atoms with van der Waals surface area (Å²) >= 11 is 0. The summed E-state index contributed by atoms with van der Waals surface area (Å²) in [5, 5.41) is 9.10. The number of benzene rings is 1. The largest absolute Gasteiger partial charge is 0.481 e. The molecule has 0 unspecified atom stereocenters. The van der Waals surface area contributed by atoms with Crippen molar-refractivity contribution in [2.75, 3.05) is 13.1 Å². The molecule has 1 saturated heterocycles. The van der Waals surface area contributed by atoms with Crippen LogP contribution in [-0.4, -0.2) is 35.0 Å². The summed E-state index contributed by atoms with van der Waals surface area (Å²) in [6, 6.07) is 8.43. The molecule has 23 heavy (non-hydrogen) atoms. The zero-order chi connectivity index (χ0) is 17.0. The van der Waals surface area contributed by atoms with Gasteiger partial charge in [0, 0.05) is 19.5 Å². The molecule has 1 aromatic carbocycles. The first-order valence-electron chi connectivity index (χ1n) is 8.37. The lowest BCUT2D eigenvalue weighted by molar-refractivity contribution is -0.145. The Morgan fingerprint density at radius 2 is 1.87 bits per heavy atom. The minimum absolute atomic E-state index is 0.0656. The van der Waals surface area contributed by atoms with E-state index in [0.29, 0.717) is 32.4 Å². The van der Waals surface area contributed by atoms with Crippen molar-refractivity contribution in [1.82, 2.24) is 4.90 Å². The Bertz CT molecular complexity index is 557. The van der Waals surface area contributed by atoms with Crippen LogP contribution < -0.4 is 0 Å². The van der Waals surface area contributed by atoms with Crippen LogP contribution in [0.1, 0.15) is 51.2 Å². The second-order valence-corrected chi connectivity index (χ2v) is 7.46. The monoisotopic (exact) mass is 317 g/mol. The van der Waals surface area contributed by atoms with Gasteiger partial charge in [-0.25, -0.2) is 0 Å². The molecule has 0 bridgehead atoms. The number of piperidine rings is 1. The normalized spacial score (nSPS) is 18.7. The summed E-state index contributed by atoms with van der Waals surface area (Å²) in [6.45, 7) is 7.59. The minimum atomic E-state index is -0.791. The van der Waals surface area contributed by atoms with E-state index >= 15 is 0 Å². The van der Waals surface area contributed by atoms with Crippen molar-refractivity contribution in [3.63, 3.8) is 0 Å². The number of hydrogen-bond donors (Lipinski definition) is 1. The van der Waals surface area contributed by atoms with Crippen LogP contribution in [-0.2, 0) is 21.4 Å². The molecule has 4 heteroatoms. The van der Waals surface area contributed by atoms with Gasteiger partial charge in [-0.1, -0.05) is 45.0 Å². The molecule has 1 heterocycles. The number of carboxylic acids is 1. The summed E-state index contributed by atoms with van der Waals surface area (Å²) in [7, 11) is 0. The summed E-state index contributed by atoms with van der Waals surface area (Å²) < 4.78 is 0. The van der Waals surface area contributed by atoms with Crippen LogP contribution in [0.4, 0.5) is 0 Å². The van der Waals surface area contributed by atoms with Gasteiger partial charge in [0.25, 0.3) is 0 Å². The number of aliphatic carboxylic acids is 1. The Balaban J connectivity index is 1.88.